The summed E-state index contributed by atoms with van der Waals surface area (Å²) in [5.41, 5.74) is 0.460. The quantitative estimate of drug-likeness (QED) is 0.626. The average molecular weight is 406 g/mol. The molecule has 0 amide bonds. The first kappa shape index (κ1) is 18.7. The van der Waals surface area contributed by atoms with Crippen LogP contribution in [0, 0.1) is 25.2 Å². The summed E-state index contributed by atoms with van der Waals surface area (Å²) in [5, 5.41) is 9.30. The zero-order valence-corrected chi connectivity index (χ0v) is 15.6. The first-order valence-electron chi connectivity index (χ1n) is 6.53. The summed E-state index contributed by atoms with van der Waals surface area (Å²) in [4.78, 5) is 25.9. The normalized spacial score (nSPS) is 11.2. The molecule has 1 aromatic heterocycles. The van der Waals surface area contributed by atoms with Crippen molar-refractivity contribution in [1.29, 1.82) is 5.26 Å². The second-order valence-corrected chi connectivity index (χ2v) is 8.89. The van der Waals surface area contributed by atoms with Crippen molar-refractivity contribution in [3.8, 4) is 6.07 Å². The van der Waals surface area contributed by atoms with E-state index < -0.39 is 14.4 Å². The molecule has 0 saturated carbocycles. The Balaban J connectivity index is 2.82. The van der Waals surface area contributed by atoms with Crippen molar-refractivity contribution in [2.45, 2.75) is 17.0 Å². The number of alkyl halides is 3. The number of aromatic nitrogens is 2. The fourth-order valence-electron chi connectivity index (χ4n) is 2.14. The highest BCUT2D eigenvalue weighted by molar-refractivity contribution is 8.05. The topological polar surface area (TPSA) is 81.9 Å². The van der Waals surface area contributed by atoms with Gasteiger partial charge in [-0.2, -0.15) is 9.94 Å². The zero-order chi connectivity index (χ0) is 18.1. The van der Waals surface area contributed by atoms with Gasteiger partial charge in [0.15, 0.2) is 5.69 Å². The van der Waals surface area contributed by atoms with Crippen LogP contribution in [-0.4, -0.2) is 12.8 Å². The molecule has 0 atom stereocenters. The van der Waals surface area contributed by atoms with Crippen LogP contribution in [0.2, 0.25) is 0 Å². The monoisotopic (exact) mass is 404 g/mol. The van der Waals surface area contributed by atoms with Crippen LogP contribution in [0.3, 0.4) is 0 Å². The first-order valence-corrected chi connectivity index (χ1v) is 8.43. The lowest BCUT2D eigenvalue weighted by atomic mass is 10.1. The van der Waals surface area contributed by atoms with Gasteiger partial charge in [-0.3, -0.25) is 9.78 Å². The fraction of sp³-hybridized carbons (Fsp3) is 0.214. The molecule has 0 aliphatic rings. The van der Waals surface area contributed by atoms with E-state index >= 15 is 0 Å². The van der Waals surface area contributed by atoms with Crippen molar-refractivity contribution >= 4 is 52.4 Å². The predicted octanol–water partition coefficient (Wildman–Crippen LogP) is 3.27. The number of nitrogens with zero attached hydrogens (tertiary/aromatic N) is 3. The summed E-state index contributed by atoms with van der Waals surface area (Å²) in [7, 11) is 0. The molecule has 0 spiro atoms. The lowest BCUT2D eigenvalue weighted by Gasteiger charge is -2.30. The maximum absolute atomic E-state index is 12.3. The van der Waals surface area contributed by atoms with E-state index in [0.29, 0.717) is 17.6 Å². The molecule has 126 valence electrons. The van der Waals surface area contributed by atoms with E-state index in [2.05, 4.69) is 4.98 Å². The van der Waals surface area contributed by atoms with Gasteiger partial charge in [-0.15, -0.1) is 0 Å². The number of aromatic amines is 1. The molecule has 2 rings (SSSR count). The van der Waals surface area contributed by atoms with Gasteiger partial charge in [0, 0.05) is 18.0 Å². The van der Waals surface area contributed by atoms with Crippen molar-refractivity contribution in [2.24, 2.45) is 0 Å². The van der Waals surface area contributed by atoms with E-state index in [4.69, 9.17) is 34.8 Å². The van der Waals surface area contributed by atoms with Gasteiger partial charge in [0.25, 0.3) is 8.68 Å². The van der Waals surface area contributed by atoms with Gasteiger partial charge in [0.1, 0.15) is 6.07 Å². The van der Waals surface area contributed by atoms with Gasteiger partial charge in [0.2, 0.25) is 0 Å². The van der Waals surface area contributed by atoms with Gasteiger partial charge in [-0.25, -0.2) is 9.21 Å². The predicted molar refractivity (Wildman–Crippen MR) is 97.7 cm³/mol. The molecule has 0 aliphatic carbocycles. The number of hydrogen-bond donors (Lipinski definition) is 1. The number of aryl methyl sites for hydroxylation is 2. The molecule has 0 unspecified atom stereocenters. The Bertz CT molecular complexity index is 907. The van der Waals surface area contributed by atoms with Gasteiger partial charge in [-0.1, -0.05) is 53.0 Å². The zero-order valence-electron chi connectivity index (χ0n) is 12.5. The van der Waals surface area contributed by atoms with Crippen LogP contribution in [0.15, 0.2) is 33.9 Å². The van der Waals surface area contributed by atoms with Gasteiger partial charge in [0.05, 0.1) is 5.69 Å². The first-order chi connectivity index (χ1) is 11.1. The maximum Gasteiger partial charge on any atom is 0.349 e. The Labute approximate surface area is 156 Å². The van der Waals surface area contributed by atoms with Gasteiger partial charge < -0.3 is 0 Å². The van der Waals surface area contributed by atoms with E-state index in [1.54, 1.807) is 0 Å². The molecule has 2 aromatic rings. The lowest BCUT2D eigenvalue weighted by Crippen LogP contribution is -2.42. The van der Waals surface area contributed by atoms with Crippen LogP contribution in [0.1, 0.15) is 16.8 Å². The standard InChI is InChI=1S/C14H11Cl3N4O2S/c1-8-4-3-5-9(2)12(8)21(24-14(15,16)17)20-10(7-18)6-11(22)19-13(20)23/h3-6H,1-2H3,(H,19,22,23). The molecule has 0 saturated heterocycles. The van der Waals surface area contributed by atoms with Crippen molar-refractivity contribution in [1.82, 2.24) is 9.66 Å². The Morgan fingerprint density at radius 2 is 1.83 bits per heavy atom. The van der Waals surface area contributed by atoms with Crippen LogP contribution in [0.4, 0.5) is 5.69 Å². The third-order valence-electron chi connectivity index (χ3n) is 3.04. The molecule has 1 N–H and O–H groups in total. The molecule has 0 bridgehead atoms. The summed E-state index contributed by atoms with van der Waals surface area (Å²) in [6.45, 7) is 3.63. The Morgan fingerprint density at radius 3 is 2.33 bits per heavy atom. The second kappa shape index (κ2) is 7.11. The number of para-hydroxylation sites is 1. The van der Waals surface area contributed by atoms with Crippen molar-refractivity contribution in [3.63, 3.8) is 0 Å². The highest BCUT2D eigenvalue weighted by Gasteiger charge is 2.30. The summed E-state index contributed by atoms with van der Waals surface area (Å²) in [6, 6.07) is 8.29. The third-order valence-corrected chi connectivity index (χ3v) is 4.38. The number of benzene rings is 1. The number of nitrogens with one attached hydrogen (secondary N) is 1. The Hall–Kier alpha value is -1.59. The van der Waals surface area contributed by atoms with Crippen LogP contribution < -0.4 is 15.7 Å². The van der Waals surface area contributed by atoms with E-state index in [1.165, 1.54) is 4.41 Å². The van der Waals surface area contributed by atoms with Crippen LogP contribution in [0.5, 0.6) is 0 Å². The van der Waals surface area contributed by atoms with E-state index in [1.807, 2.05) is 38.1 Å². The van der Waals surface area contributed by atoms with Gasteiger partial charge in [-0.05, 0) is 25.0 Å². The minimum Gasteiger partial charge on any atom is -0.272 e. The minimum atomic E-state index is -1.81. The maximum atomic E-state index is 12.3. The van der Waals surface area contributed by atoms with Gasteiger partial charge >= 0.3 is 5.69 Å². The largest absolute Gasteiger partial charge is 0.349 e. The summed E-state index contributed by atoms with van der Waals surface area (Å²) in [5.74, 6) is 0. The number of nitriles is 1. The molecular formula is C14H11Cl3N4O2S. The average Bonchev–Trinajstić information content (AvgIpc) is 2.43. The van der Waals surface area contributed by atoms with Crippen molar-refractivity contribution in [2.75, 3.05) is 4.41 Å². The van der Waals surface area contributed by atoms with Crippen LogP contribution in [0.25, 0.3) is 0 Å². The fourth-order valence-corrected chi connectivity index (χ4v) is 3.55. The van der Waals surface area contributed by atoms with Crippen molar-refractivity contribution in [3.05, 3.63) is 61.9 Å². The van der Waals surface area contributed by atoms with Crippen LogP contribution >= 0.6 is 46.8 Å². The smallest absolute Gasteiger partial charge is 0.272 e. The van der Waals surface area contributed by atoms with E-state index in [-0.39, 0.29) is 5.69 Å². The highest BCUT2D eigenvalue weighted by atomic mass is 35.6. The number of rotatable bonds is 3. The number of H-pyrrole nitrogens is 1. The number of halogens is 3. The molecule has 1 heterocycles. The Kier molecular flexibility index (Phi) is 5.56. The minimum absolute atomic E-state index is 0.187. The Morgan fingerprint density at radius 1 is 1.25 bits per heavy atom. The van der Waals surface area contributed by atoms with Crippen LogP contribution in [-0.2, 0) is 0 Å². The molecule has 10 heteroatoms. The molecule has 6 nitrogen and oxygen atoms in total. The van der Waals surface area contributed by atoms with Crippen molar-refractivity contribution < 1.29 is 0 Å². The molecular weight excluding hydrogens is 395 g/mol. The van der Waals surface area contributed by atoms with E-state index in [0.717, 1.165) is 21.9 Å². The molecule has 1 aromatic carbocycles. The van der Waals surface area contributed by atoms with E-state index in [9.17, 15) is 14.9 Å². The third kappa shape index (κ3) is 4.08. The number of hydrogen-bond acceptors (Lipinski definition) is 5. The molecule has 0 aliphatic heterocycles. The molecule has 24 heavy (non-hydrogen) atoms. The summed E-state index contributed by atoms with van der Waals surface area (Å²) in [6.07, 6.45) is 0. The summed E-state index contributed by atoms with van der Waals surface area (Å²) < 4.78 is 0.453. The lowest BCUT2D eigenvalue weighted by molar-refractivity contribution is 0.759. The molecule has 0 radical (unpaired) electrons. The molecule has 0 fully saturated rings. The second-order valence-electron chi connectivity index (χ2n) is 4.80. The SMILES string of the molecule is Cc1cccc(C)c1N(SC(Cl)(Cl)Cl)n1c(C#N)cc(=O)[nH]c1=O. The number of anilines is 1. The summed E-state index contributed by atoms with van der Waals surface area (Å²) >= 11 is 18.4. The highest BCUT2D eigenvalue weighted by Crippen LogP contribution is 2.44.